The highest BCUT2D eigenvalue weighted by molar-refractivity contribution is 9.10. The van der Waals surface area contributed by atoms with Crippen molar-refractivity contribution in [1.82, 2.24) is 15.3 Å². The van der Waals surface area contributed by atoms with E-state index in [1.165, 1.54) is 0 Å². The molecule has 7 heteroatoms. The van der Waals surface area contributed by atoms with Crippen molar-refractivity contribution in [1.29, 1.82) is 0 Å². The zero-order chi connectivity index (χ0) is 19.8. The maximum atomic E-state index is 12.8. The fourth-order valence-electron chi connectivity index (χ4n) is 4.22. The molecule has 0 radical (unpaired) electrons. The predicted octanol–water partition coefficient (Wildman–Crippen LogP) is 4.55. The molecule has 0 saturated heterocycles. The molecule has 5 rings (SSSR count). The number of H-pyrrole nitrogens is 1. The van der Waals surface area contributed by atoms with Crippen LogP contribution in [-0.4, -0.2) is 35.1 Å². The van der Waals surface area contributed by atoms with Gasteiger partial charge in [-0.15, -0.1) is 0 Å². The van der Waals surface area contributed by atoms with Gasteiger partial charge in [-0.25, -0.2) is 4.98 Å². The number of rotatable bonds is 3. The molecule has 1 aliphatic carbocycles. The predicted molar refractivity (Wildman–Crippen MR) is 114 cm³/mol. The van der Waals surface area contributed by atoms with Gasteiger partial charge in [0.05, 0.1) is 11.0 Å². The van der Waals surface area contributed by atoms with Gasteiger partial charge in [-0.1, -0.05) is 22.4 Å². The highest BCUT2D eigenvalue weighted by Crippen LogP contribution is 2.34. The number of hydrogen-bond acceptors (Lipinski definition) is 4. The number of aromatic amines is 1. The van der Waals surface area contributed by atoms with Crippen LogP contribution in [0.3, 0.4) is 0 Å². The molecule has 2 N–H and O–H groups in total. The van der Waals surface area contributed by atoms with E-state index in [2.05, 4.69) is 32.3 Å². The van der Waals surface area contributed by atoms with Crippen molar-refractivity contribution in [3.8, 4) is 11.5 Å². The third kappa shape index (κ3) is 3.83. The second kappa shape index (κ2) is 7.71. The molecule has 0 bridgehead atoms. The molecule has 0 spiro atoms. The zero-order valence-electron chi connectivity index (χ0n) is 15.9. The van der Waals surface area contributed by atoms with Crippen molar-refractivity contribution in [2.24, 2.45) is 0 Å². The summed E-state index contributed by atoms with van der Waals surface area (Å²) in [6.07, 6.45) is 4.02. The molecule has 1 aromatic heterocycles. The number of nitrogens with zero attached hydrogens (tertiary/aromatic N) is 1. The van der Waals surface area contributed by atoms with Crippen LogP contribution in [0, 0.1) is 0 Å². The highest BCUT2D eigenvalue weighted by Gasteiger charge is 2.27. The second-order valence-electron chi connectivity index (χ2n) is 7.68. The fraction of sp³-hybridized carbons (Fsp3) is 0.364. The van der Waals surface area contributed by atoms with Crippen LogP contribution in [-0.2, 0) is 0 Å². The molecule has 0 unspecified atom stereocenters. The van der Waals surface area contributed by atoms with Gasteiger partial charge < -0.3 is 19.8 Å². The standard InChI is InChI=1S/C22H22BrN3O3/c23-15-5-6-17-18(12-15)26-21(25-17)13-2-1-3-16(10-13)24-22(27)14-4-7-19-20(11-14)29-9-8-28-19/h4-7,11-13,16H,1-3,8-10H2,(H,24,27)(H,25,26)/t13-,16+/m1/s1. The number of carbonyl (C=O) groups excluding carboxylic acids is 1. The fourth-order valence-corrected chi connectivity index (χ4v) is 4.58. The summed E-state index contributed by atoms with van der Waals surface area (Å²) in [5, 5.41) is 3.20. The number of ether oxygens (including phenoxy) is 2. The molecule has 1 fully saturated rings. The van der Waals surface area contributed by atoms with E-state index in [1.807, 2.05) is 12.1 Å². The first-order valence-corrected chi connectivity index (χ1v) is 10.8. The Hall–Kier alpha value is -2.54. The summed E-state index contributed by atoms with van der Waals surface area (Å²) in [5.74, 6) is 2.60. The van der Waals surface area contributed by atoms with E-state index in [0.29, 0.717) is 36.2 Å². The van der Waals surface area contributed by atoms with Gasteiger partial charge in [0.25, 0.3) is 5.91 Å². The molecule has 1 aliphatic heterocycles. The molecular formula is C22H22BrN3O3. The number of aromatic nitrogens is 2. The monoisotopic (exact) mass is 455 g/mol. The first kappa shape index (κ1) is 18.5. The first-order chi connectivity index (χ1) is 14.2. The minimum Gasteiger partial charge on any atom is -0.486 e. The molecule has 2 aromatic carbocycles. The molecule has 29 heavy (non-hydrogen) atoms. The van der Waals surface area contributed by atoms with Crippen LogP contribution in [0.2, 0.25) is 0 Å². The highest BCUT2D eigenvalue weighted by atomic mass is 79.9. The number of halogens is 1. The van der Waals surface area contributed by atoms with Crippen molar-refractivity contribution in [3.63, 3.8) is 0 Å². The lowest BCUT2D eigenvalue weighted by Gasteiger charge is -2.29. The van der Waals surface area contributed by atoms with Gasteiger partial charge in [-0.2, -0.15) is 0 Å². The van der Waals surface area contributed by atoms with Crippen LogP contribution in [0.4, 0.5) is 0 Å². The lowest BCUT2D eigenvalue weighted by atomic mass is 9.85. The van der Waals surface area contributed by atoms with E-state index in [-0.39, 0.29) is 11.9 Å². The SMILES string of the molecule is O=C(N[C@H]1CCC[C@@H](c2nc3ccc(Br)cc3[nH]2)C1)c1ccc2c(c1)OCCO2. The topological polar surface area (TPSA) is 76.2 Å². The first-order valence-electron chi connectivity index (χ1n) is 10.0. The third-order valence-corrected chi connectivity index (χ3v) is 6.16. The van der Waals surface area contributed by atoms with Crippen molar-refractivity contribution in [2.75, 3.05) is 13.2 Å². The van der Waals surface area contributed by atoms with Crippen LogP contribution in [0.1, 0.15) is 47.8 Å². The minimum atomic E-state index is -0.0684. The molecule has 2 atom stereocenters. The van der Waals surface area contributed by atoms with Crippen molar-refractivity contribution < 1.29 is 14.3 Å². The Morgan fingerprint density at radius 2 is 1.97 bits per heavy atom. The Morgan fingerprint density at radius 3 is 2.86 bits per heavy atom. The van der Waals surface area contributed by atoms with Gasteiger partial charge >= 0.3 is 0 Å². The van der Waals surface area contributed by atoms with Crippen LogP contribution in [0.25, 0.3) is 11.0 Å². The number of hydrogen-bond donors (Lipinski definition) is 2. The number of nitrogens with one attached hydrogen (secondary N) is 2. The maximum Gasteiger partial charge on any atom is 0.251 e. The van der Waals surface area contributed by atoms with Gasteiger partial charge in [0.2, 0.25) is 0 Å². The number of benzene rings is 2. The van der Waals surface area contributed by atoms with E-state index in [0.717, 1.165) is 47.0 Å². The Kier molecular flexibility index (Phi) is 4.91. The van der Waals surface area contributed by atoms with Crippen molar-refractivity contribution in [3.05, 3.63) is 52.3 Å². The number of amides is 1. The van der Waals surface area contributed by atoms with Gasteiger partial charge in [-0.05, 0) is 55.7 Å². The molecular weight excluding hydrogens is 434 g/mol. The molecule has 2 aliphatic rings. The third-order valence-electron chi connectivity index (χ3n) is 5.66. The van der Waals surface area contributed by atoms with Crippen LogP contribution < -0.4 is 14.8 Å². The lowest BCUT2D eigenvalue weighted by molar-refractivity contribution is 0.0923. The molecule has 1 amide bonds. The average molecular weight is 456 g/mol. The molecule has 150 valence electrons. The number of carbonyl (C=O) groups is 1. The van der Waals surface area contributed by atoms with Crippen LogP contribution in [0.15, 0.2) is 40.9 Å². The molecule has 1 saturated carbocycles. The second-order valence-corrected chi connectivity index (χ2v) is 8.59. The van der Waals surface area contributed by atoms with Crippen LogP contribution >= 0.6 is 15.9 Å². The summed E-state index contributed by atoms with van der Waals surface area (Å²) in [7, 11) is 0. The zero-order valence-corrected chi connectivity index (χ0v) is 17.5. The van der Waals surface area contributed by atoms with Gasteiger partial charge in [0, 0.05) is 22.0 Å². The molecule has 2 heterocycles. The Bertz CT molecular complexity index is 1060. The molecule has 6 nitrogen and oxygen atoms in total. The quantitative estimate of drug-likeness (QED) is 0.606. The summed E-state index contributed by atoms with van der Waals surface area (Å²) in [5.41, 5.74) is 2.62. The van der Waals surface area contributed by atoms with E-state index < -0.39 is 0 Å². The Labute approximate surface area is 177 Å². The average Bonchev–Trinajstić information content (AvgIpc) is 3.17. The van der Waals surface area contributed by atoms with Gasteiger partial charge in [-0.3, -0.25) is 4.79 Å². The van der Waals surface area contributed by atoms with Crippen molar-refractivity contribution >= 4 is 32.9 Å². The summed E-state index contributed by atoms with van der Waals surface area (Å²) in [4.78, 5) is 21.0. The summed E-state index contributed by atoms with van der Waals surface area (Å²) in [6.45, 7) is 1.05. The Balaban J connectivity index is 1.28. The lowest BCUT2D eigenvalue weighted by Crippen LogP contribution is -2.38. The maximum absolute atomic E-state index is 12.8. The number of imidazole rings is 1. The summed E-state index contributed by atoms with van der Waals surface area (Å²) < 4.78 is 12.2. The summed E-state index contributed by atoms with van der Waals surface area (Å²) in [6, 6.07) is 11.6. The van der Waals surface area contributed by atoms with E-state index in [1.54, 1.807) is 18.2 Å². The largest absolute Gasteiger partial charge is 0.486 e. The number of fused-ring (bicyclic) bond motifs is 2. The normalized spacial score (nSPS) is 21.1. The van der Waals surface area contributed by atoms with E-state index in [4.69, 9.17) is 14.5 Å². The van der Waals surface area contributed by atoms with E-state index >= 15 is 0 Å². The molecule has 3 aromatic rings. The van der Waals surface area contributed by atoms with E-state index in [9.17, 15) is 4.79 Å². The summed E-state index contributed by atoms with van der Waals surface area (Å²) >= 11 is 3.51. The smallest absolute Gasteiger partial charge is 0.251 e. The van der Waals surface area contributed by atoms with Crippen molar-refractivity contribution in [2.45, 2.75) is 37.6 Å². The van der Waals surface area contributed by atoms with Gasteiger partial charge in [0.1, 0.15) is 19.0 Å². The Morgan fingerprint density at radius 1 is 1.10 bits per heavy atom. The van der Waals surface area contributed by atoms with Crippen LogP contribution in [0.5, 0.6) is 11.5 Å². The minimum absolute atomic E-state index is 0.0684. The van der Waals surface area contributed by atoms with Gasteiger partial charge in [0.15, 0.2) is 11.5 Å².